The quantitative estimate of drug-likeness (QED) is 0.489. The number of rotatable bonds is 0. The average molecular weight is 110 g/mol. The van der Waals surface area contributed by atoms with Gasteiger partial charge in [0.15, 0.2) is 0 Å². The molecule has 0 aromatic rings. The molecule has 2 nitrogen and oxygen atoms in total. The number of hydrogen-bond acceptors (Lipinski definition) is 2. The zero-order valence-electron chi connectivity index (χ0n) is 4.96. The van der Waals surface area contributed by atoms with Crippen molar-refractivity contribution in [3.8, 4) is 0 Å². The molecule has 0 fully saturated rings. The monoisotopic (exact) mass is 110 g/mol. The summed E-state index contributed by atoms with van der Waals surface area (Å²) in [6.45, 7) is 1.98. The van der Waals surface area contributed by atoms with Crippen LogP contribution in [0, 0.1) is 0 Å². The molecule has 0 aliphatic carbocycles. The van der Waals surface area contributed by atoms with E-state index in [2.05, 4.69) is 4.99 Å². The van der Waals surface area contributed by atoms with Crippen LogP contribution in [0.2, 0.25) is 0 Å². The van der Waals surface area contributed by atoms with E-state index in [1.54, 1.807) is 6.20 Å². The lowest BCUT2D eigenvalue weighted by molar-refractivity contribution is 0.609. The largest absolute Gasteiger partial charge is 0.322 e. The Morgan fingerprint density at radius 2 is 2.50 bits per heavy atom. The number of aliphatic imine (C=N–C) groups is 1. The standard InChI is InChI=1S/C6H10N2/c1-6(7)2-4-8-5-3-6/h2,4-5H,3,7H2,1H3. The van der Waals surface area contributed by atoms with Gasteiger partial charge in [-0.25, -0.2) is 0 Å². The summed E-state index contributed by atoms with van der Waals surface area (Å²) in [6, 6.07) is 0. The van der Waals surface area contributed by atoms with Crippen LogP contribution in [0.5, 0.6) is 0 Å². The Labute approximate surface area is 49.1 Å². The molecule has 0 aromatic heterocycles. The van der Waals surface area contributed by atoms with E-state index < -0.39 is 0 Å². The second-order valence-corrected chi connectivity index (χ2v) is 2.36. The molecular weight excluding hydrogens is 100 g/mol. The van der Waals surface area contributed by atoms with Gasteiger partial charge in [-0.1, -0.05) is 0 Å². The summed E-state index contributed by atoms with van der Waals surface area (Å²) in [5, 5.41) is 0. The van der Waals surface area contributed by atoms with Crippen LogP contribution in [-0.4, -0.2) is 11.8 Å². The van der Waals surface area contributed by atoms with Gasteiger partial charge >= 0.3 is 0 Å². The molecule has 1 heterocycles. The zero-order valence-corrected chi connectivity index (χ0v) is 4.96. The highest BCUT2D eigenvalue weighted by molar-refractivity contribution is 5.62. The molecule has 1 unspecified atom stereocenters. The zero-order chi connectivity index (χ0) is 6.04. The van der Waals surface area contributed by atoms with Gasteiger partial charge in [-0.15, -0.1) is 0 Å². The molecule has 0 spiro atoms. The van der Waals surface area contributed by atoms with Crippen LogP contribution in [0.3, 0.4) is 0 Å². The Bertz CT molecular complexity index is 133. The molecule has 0 radical (unpaired) electrons. The van der Waals surface area contributed by atoms with Gasteiger partial charge in [-0.3, -0.25) is 4.99 Å². The van der Waals surface area contributed by atoms with Crippen LogP contribution in [0.25, 0.3) is 0 Å². The van der Waals surface area contributed by atoms with Gasteiger partial charge < -0.3 is 5.73 Å². The highest BCUT2D eigenvalue weighted by Gasteiger charge is 2.13. The summed E-state index contributed by atoms with van der Waals surface area (Å²) in [6.07, 6.45) is 6.33. The molecule has 8 heavy (non-hydrogen) atoms. The first-order valence-corrected chi connectivity index (χ1v) is 2.69. The molecule has 2 N–H and O–H groups in total. The van der Waals surface area contributed by atoms with Gasteiger partial charge in [0.1, 0.15) is 0 Å². The maximum Gasteiger partial charge on any atom is 0.0378 e. The van der Waals surface area contributed by atoms with Crippen LogP contribution < -0.4 is 5.73 Å². The predicted molar refractivity (Wildman–Crippen MR) is 34.8 cm³/mol. The Morgan fingerprint density at radius 3 is 2.75 bits per heavy atom. The van der Waals surface area contributed by atoms with E-state index in [0.717, 1.165) is 6.42 Å². The van der Waals surface area contributed by atoms with Gasteiger partial charge in [-0.2, -0.15) is 0 Å². The Hall–Kier alpha value is -0.630. The Balaban J connectivity index is 2.65. The molecule has 0 saturated carbocycles. The van der Waals surface area contributed by atoms with Crippen LogP contribution in [-0.2, 0) is 0 Å². The fraction of sp³-hybridized carbons (Fsp3) is 0.500. The molecule has 44 valence electrons. The fourth-order valence-electron chi connectivity index (χ4n) is 0.592. The first-order chi connectivity index (χ1) is 3.71. The first kappa shape index (κ1) is 5.51. The van der Waals surface area contributed by atoms with Crippen molar-refractivity contribution in [1.29, 1.82) is 0 Å². The van der Waals surface area contributed by atoms with Crippen molar-refractivity contribution >= 4 is 6.21 Å². The summed E-state index contributed by atoms with van der Waals surface area (Å²) in [5.74, 6) is 0. The van der Waals surface area contributed by atoms with Crippen molar-refractivity contribution in [3.63, 3.8) is 0 Å². The highest BCUT2D eigenvalue weighted by atomic mass is 14.8. The van der Waals surface area contributed by atoms with E-state index in [4.69, 9.17) is 5.73 Å². The lowest BCUT2D eigenvalue weighted by Gasteiger charge is -2.18. The number of nitrogens with two attached hydrogens (primary N) is 1. The van der Waals surface area contributed by atoms with Crippen LogP contribution in [0.15, 0.2) is 17.3 Å². The van der Waals surface area contributed by atoms with Gasteiger partial charge in [0.2, 0.25) is 0 Å². The third-order valence-corrected chi connectivity index (χ3v) is 1.18. The predicted octanol–water partition coefficient (Wildman–Crippen LogP) is 0.692. The van der Waals surface area contributed by atoms with Gasteiger partial charge in [0.25, 0.3) is 0 Å². The molecule has 1 aliphatic rings. The van der Waals surface area contributed by atoms with E-state index in [9.17, 15) is 0 Å². The second-order valence-electron chi connectivity index (χ2n) is 2.36. The van der Waals surface area contributed by atoms with E-state index in [1.807, 2.05) is 19.2 Å². The molecule has 1 atom stereocenters. The fourth-order valence-corrected chi connectivity index (χ4v) is 0.592. The van der Waals surface area contributed by atoms with Crippen molar-refractivity contribution in [2.75, 3.05) is 0 Å². The molecule has 1 aliphatic heterocycles. The van der Waals surface area contributed by atoms with E-state index >= 15 is 0 Å². The number of nitrogens with zero attached hydrogens (tertiary/aromatic N) is 1. The smallest absolute Gasteiger partial charge is 0.0378 e. The topological polar surface area (TPSA) is 38.4 Å². The SMILES string of the molecule is CC1(N)C=CN=CC1. The van der Waals surface area contributed by atoms with Crippen LogP contribution in [0.4, 0.5) is 0 Å². The summed E-state index contributed by atoms with van der Waals surface area (Å²) in [4.78, 5) is 3.89. The van der Waals surface area contributed by atoms with E-state index in [1.165, 1.54) is 0 Å². The second kappa shape index (κ2) is 1.71. The van der Waals surface area contributed by atoms with Crippen LogP contribution in [0.1, 0.15) is 13.3 Å². The van der Waals surface area contributed by atoms with E-state index in [0.29, 0.717) is 0 Å². The molecule has 0 amide bonds. The average Bonchev–Trinajstić information content (AvgIpc) is 1.65. The van der Waals surface area contributed by atoms with Gasteiger partial charge in [-0.05, 0) is 13.0 Å². The van der Waals surface area contributed by atoms with Gasteiger partial charge in [0.05, 0.1) is 0 Å². The molecule has 0 saturated heterocycles. The number of hydrogen-bond donors (Lipinski definition) is 1. The first-order valence-electron chi connectivity index (χ1n) is 2.69. The maximum absolute atomic E-state index is 5.70. The highest BCUT2D eigenvalue weighted by Crippen LogP contribution is 2.08. The normalized spacial score (nSPS) is 35.8. The van der Waals surface area contributed by atoms with Crippen molar-refractivity contribution in [1.82, 2.24) is 0 Å². The molecule has 0 bridgehead atoms. The molecule has 2 heteroatoms. The van der Waals surface area contributed by atoms with Gasteiger partial charge in [0, 0.05) is 24.4 Å². The van der Waals surface area contributed by atoms with Crippen molar-refractivity contribution < 1.29 is 0 Å². The minimum atomic E-state index is -0.151. The third-order valence-electron chi connectivity index (χ3n) is 1.18. The lowest BCUT2D eigenvalue weighted by atomic mass is 9.99. The summed E-state index contributed by atoms with van der Waals surface area (Å²) >= 11 is 0. The van der Waals surface area contributed by atoms with Crippen LogP contribution >= 0.6 is 0 Å². The van der Waals surface area contributed by atoms with Crippen molar-refractivity contribution in [3.05, 3.63) is 12.3 Å². The molecule has 1 rings (SSSR count). The Kier molecular flexibility index (Phi) is 1.18. The minimum absolute atomic E-state index is 0.151. The summed E-state index contributed by atoms with van der Waals surface area (Å²) in [7, 11) is 0. The minimum Gasteiger partial charge on any atom is -0.322 e. The van der Waals surface area contributed by atoms with E-state index in [-0.39, 0.29) is 5.54 Å². The summed E-state index contributed by atoms with van der Waals surface area (Å²) in [5.41, 5.74) is 5.55. The van der Waals surface area contributed by atoms with Crippen molar-refractivity contribution in [2.45, 2.75) is 18.9 Å². The lowest BCUT2D eigenvalue weighted by Crippen LogP contribution is -2.34. The summed E-state index contributed by atoms with van der Waals surface area (Å²) < 4.78 is 0. The Morgan fingerprint density at radius 1 is 1.75 bits per heavy atom. The third kappa shape index (κ3) is 1.17. The van der Waals surface area contributed by atoms with Crippen molar-refractivity contribution in [2.24, 2.45) is 10.7 Å². The molecular formula is C6H10N2. The maximum atomic E-state index is 5.70. The molecule has 0 aromatic carbocycles.